The number of aromatic nitrogens is 2. The van der Waals surface area contributed by atoms with E-state index in [9.17, 15) is 9.50 Å². The summed E-state index contributed by atoms with van der Waals surface area (Å²) in [5, 5.41) is 11.1. The predicted octanol–water partition coefficient (Wildman–Crippen LogP) is 3.14. The highest BCUT2D eigenvalue weighted by atomic mass is 19.1. The zero-order valence-corrected chi connectivity index (χ0v) is 19.9. The summed E-state index contributed by atoms with van der Waals surface area (Å²) < 4.78 is 38.0. The Morgan fingerprint density at radius 1 is 1.14 bits per heavy atom. The Hall–Kier alpha value is -3.14. The molecular weight excluding hydrogens is 453 g/mol. The molecule has 4 rings (SSSR count). The third kappa shape index (κ3) is 7.42. The molecule has 0 amide bonds. The van der Waals surface area contributed by atoms with E-state index < -0.39 is 5.60 Å². The molecule has 1 aromatic heterocycles. The summed E-state index contributed by atoms with van der Waals surface area (Å²) in [6.45, 7) is 3.79. The van der Waals surface area contributed by atoms with Gasteiger partial charge in [0.1, 0.15) is 23.8 Å². The van der Waals surface area contributed by atoms with Crippen LogP contribution in [0.25, 0.3) is 0 Å². The molecule has 188 valence electrons. The van der Waals surface area contributed by atoms with E-state index in [1.807, 2.05) is 29.0 Å². The number of methoxy groups -OCH3 is 1. The molecule has 1 atom stereocenters. The molecule has 1 aliphatic heterocycles. The number of ether oxygens (including phenoxy) is 4. The van der Waals surface area contributed by atoms with Crippen LogP contribution in [-0.4, -0.2) is 71.8 Å². The van der Waals surface area contributed by atoms with Gasteiger partial charge in [-0.3, -0.25) is 4.90 Å². The summed E-state index contributed by atoms with van der Waals surface area (Å²) in [5.74, 6) is 1.54. The minimum atomic E-state index is -1.19. The molecule has 0 spiro atoms. The van der Waals surface area contributed by atoms with Crippen LogP contribution in [0.4, 0.5) is 4.39 Å². The standard InChI is InChI=1S/C26H32FN3O5/c1-32-25-15-21(3-8-24(25)34-13-2-10-29-11-9-28-20-29)16-30-12-14-33-18-26(31,17-30)19-35-23-6-4-22(27)5-7-23/h3-9,11,15,20,31H,2,10,12-14,16-19H2,1H3/t26-/m1/s1. The maximum Gasteiger partial charge on any atom is 0.161 e. The fourth-order valence-electron chi connectivity index (χ4n) is 4.00. The van der Waals surface area contributed by atoms with Gasteiger partial charge in [0.25, 0.3) is 0 Å². The number of hydrogen-bond donors (Lipinski definition) is 1. The summed E-state index contributed by atoms with van der Waals surface area (Å²) >= 11 is 0. The molecule has 35 heavy (non-hydrogen) atoms. The van der Waals surface area contributed by atoms with Crippen LogP contribution in [0.2, 0.25) is 0 Å². The average Bonchev–Trinajstić information content (AvgIpc) is 3.31. The fraction of sp³-hybridized carbons (Fsp3) is 0.423. The van der Waals surface area contributed by atoms with E-state index in [4.69, 9.17) is 18.9 Å². The van der Waals surface area contributed by atoms with Crippen molar-refractivity contribution in [1.29, 1.82) is 0 Å². The first-order valence-corrected chi connectivity index (χ1v) is 11.7. The molecule has 1 N–H and O–H groups in total. The first-order valence-electron chi connectivity index (χ1n) is 11.7. The number of aliphatic hydroxyl groups is 1. The highest BCUT2D eigenvalue weighted by Crippen LogP contribution is 2.29. The highest BCUT2D eigenvalue weighted by molar-refractivity contribution is 5.43. The van der Waals surface area contributed by atoms with Crippen LogP contribution >= 0.6 is 0 Å². The van der Waals surface area contributed by atoms with Crippen LogP contribution < -0.4 is 14.2 Å². The van der Waals surface area contributed by atoms with E-state index in [-0.39, 0.29) is 19.0 Å². The molecule has 1 saturated heterocycles. The lowest BCUT2D eigenvalue weighted by atomic mass is 10.1. The molecule has 2 aromatic carbocycles. The number of β-amino-alcohol motifs (C(OH)–C–C–N with tert-alkyl or cyclic N) is 1. The molecule has 0 unspecified atom stereocenters. The number of aryl methyl sites for hydroxylation is 1. The predicted molar refractivity (Wildman–Crippen MR) is 128 cm³/mol. The van der Waals surface area contributed by atoms with E-state index in [0.29, 0.717) is 50.1 Å². The van der Waals surface area contributed by atoms with Gasteiger partial charge < -0.3 is 28.6 Å². The van der Waals surface area contributed by atoms with Crippen molar-refractivity contribution in [2.24, 2.45) is 0 Å². The molecule has 0 aliphatic carbocycles. The maximum absolute atomic E-state index is 13.1. The Bertz CT molecular complexity index is 1050. The third-order valence-corrected chi connectivity index (χ3v) is 5.77. The van der Waals surface area contributed by atoms with Gasteiger partial charge in [0.2, 0.25) is 0 Å². The first kappa shape index (κ1) is 25.0. The lowest BCUT2D eigenvalue weighted by molar-refractivity contribution is -0.0646. The fourth-order valence-corrected chi connectivity index (χ4v) is 4.00. The molecule has 0 radical (unpaired) electrons. The topological polar surface area (TPSA) is 78.2 Å². The molecule has 9 heteroatoms. The quantitative estimate of drug-likeness (QED) is 0.418. The van der Waals surface area contributed by atoms with Crippen LogP contribution in [0.15, 0.2) is 61.2 Å². The first-order chi connectivity index (χ1) is 17.0. The lowest BCUT2D eigenvalue weighted by Crippen LogP contribution is -2.48. The summed E-state index contributed by atoms with van der Waals surface area (Å²) in [4.78, 5) is 6.17. The molecular formula is C26H32FN3O5. The smallest absolute Gasteiger partial charge is 0.161 e. The van der Waals surface area contributed by atoms with Gasteiger partial charge in [-0.15, -0.1) is 0 Å². The van der Waals surface area contributed by atoms with Crippen molar-refractivity contribution in [1.82, 2.24) is 14.5 Å². The number of halogens is 1. The van der Waals surface area contributed by atoms with Crippen molar-refractivity contribution < 1.29 is 28.4 Å². The Morgan fingerprint density at radius 3 is 2.77 bits per heavy atom. The van der Waals surface area contributed by atoms with Crippen molar-refractivity contribution in [2.75, 3.05) is 46.6 Å². The summed E-state index contributed by atoms with van der Waals surface area (Å²) in [5.41, 5.74) is -0.149. The summed E-state index contributed by atoms with van der Waals surface area (Å²) in [7, 11) is 1.63. The Balaban J connectivity index is 1.32. The van der Waals surface area contributed by atoms with Crippen LogP contribution in [0.3, 0.4) is 0 Å². The van der Waals surface area contributed by atoms with E-state index in [1.54, 1.807) is 31.8 Å². The second-order valence-electron chi connectivity index (χ2n) is 8.72. The maximum atomic E-state index is 13.1. The van der Waals surface area contributed by atoms with Gasteiger partial charge in [0.15, 0.2) is 11.5 Å². The molecule has 1 fully saturated rings. The van der Waals surface area contributed by atoms with Crippen LogP contribution in [0.5, 0.6) is 17.2 Å². The number of hydrogen-bond acceptors (Lipinski definition) is 7. The molecule has 0 saturated carbocycles. The molecule has 3 aromatic rings. The molecule has 1 aliphatic rings. The van der Waals surface area contributed by atoms with Crippen molar-refractivity contribution in [3.63, 3.8) is 0 Å². The van der Waals surface area contributed by atoms with Crippen molar-refractivity contribution in [2.45, 2.75) is 25.1 Å². The van der Waals surface area contributed by atoms with E-state index in [0.717, 1.165) is 18.5 Å². The molecule has 2 heterocycles. The van der Waals surface area contributed by atoms with Crippen molar-refractivity contribution in [3.05, 3.63) is 72.6 Å². The summed E-state index contributed by atoms with van der Waals surface area (Å²) in [6.07, 6.45) is 6.34. The number of benzene rings is 2. The number of imidazole rings is 1. The number of rotatable bonds is 11. The second-order valence-corrected chi connectivity index (χ2v) is 8.72. The van der Waals surface area contributed by atoms with Crippen molar-refractivity contribution in [3.8, 4) is 17.2 Å². The van der Waals surface area contributed by atoms with Crippen LogP contribution in [-0.2, 0) is 17.8 Å². The van der Waals surface area contributed by atoms with Crippen molar-refractivity contribution >= 4 is 0 Å². The van der Waals surface area contributed by atoms with Gasteiger partial charge in [-0.1, -0.05) is 6.07 Å². The van der Waals surface area contributed by atoms with E-state index in [2.05, 4.69) is 9.88 Å². The Morgan fingerprint density at radius 2 is 2.00 bits per heavy atom. The molecule has 8 nitrogen and oxygen atoms in total. The van der Waals surface area contributed by atoms with Gasteiger partial charge in [-0.25, -0.2) is 9.37 Å². The van der Waals surface area contributed by atoms with Gasteiger partial charge >= 0.3 is 0 Å². The SMILES string of the molecule is COc1cc(CN2CCOC[C@@](O)(COc3ccc(F)cc3)C2)ccc1OCCCn1ccnc1. The van der Waals surface area contributed by atoms with Gasteiger partial charge in [0, 0.05) is 38.6 Å². The Kier molecular flexibility index (Phi) is 8.57. The number of nitrogens with zero attached hydrogens (tertiary/aromatic N) is 3. The van der Waals surface area contributed by atoms with E-state index in [1.165, 1.54) is 12.1 Å². The van der Waals surface area contributed by atoms with Crippen LogP contribution in [0.1, 0.15) is 12.0 Å². The zero-order valence-electron chi connectivity index (χ0n) is 19.9. The lowest BCUT2D eigenvalue weighted by Gasteiger charge is -2.30. The third-order valence-electron chi connectivity index (χ3n) is 5.77. The van der Waals surface area contributed by atoms with Gasteiger partial charge in [0.05, 0.1) is 33.3 Å². The van der Waals surface area contributed by atoms with Crippen LogP contribution in [0, 0.1) is 5.82 Å². The highest BCUT2D eigenvalue weighted by Gasteiger charge is 2.33. The largest absolute Gasteiger partial charge is 0.493 e. The summed E-state index contributed by atoms with van der Waals surface area (Å²) in [6, 6.07) is 11.6. The normalized spacial score (nSPS) is 18.7. The average molecular weight is 486 g/mol. The molecule has 0 bridgehead atoms. The van der Waals surface area contributed by atoms with Gasteiger partial charge in [-0.2, -0.15) is 0 Å². The van der Waals surface area contributed by atoms with Gasteiger partial charge in [-0.05, 0) is 48.4 Å². The Labute approximate surface area is 204 Å². The minimum absolute atomic E-state index is 0.0459. The second kappa shape index (κ2) is 12.0. The monoisotopic (exact) mass is 485 g/mol. The minimum Gasteiger partial charge on any atom is -0.493 e. The zero-order chi connectivity index (χ0) is 24.5. The van der Waals surface area contributed by atoms with E-state index >= 15 is 0 Å².